The molecule has 0 radical (unpaired) electrons. The minimum Gasteiger partial charge on any atom is -0.311 e. The molecule has 1 saturated carbocycles. The Bertz CT molecular complexity index is 174. The Balaban J connectivity index is 2.46. The quantitative estimate of drug-likeness (QED) is 0.721. The summed E-state index contributed by atoms with van der Waals surface area (Å²) in [5, 5.41) is 3.90. The van der Waals surface area contributed by atoms with Gasteiger partial charge in [0.2, 0.25) is 0 Å². The van der Waals surface area contributed by atoms with E-state index >= 15 is 0 Å². The lowest BCUT2D eigenvalue weighted by Crippen LogP contribution is -2.48. The van der Waals surface area contributed by atoms with Crippen molar-refractivity contribution in [1.29, 1.82) is 0 Å². The lowest BCUT2D eigenvalue weighted by atomic mass is 9.73. The molecule has 0 saturated heterocycles. The normalized spacial score (nSPS) is 27.6. The Morgan fingerprint density at radius 2 is 2.00 bits per heavy atom. The molecule has 1 N–H and O–H groups in total. The summed E-state index contributed by atoms with van der Waals surface area (Å²) < 4.78 is 0. The molecular weight excluding hydrogens is 182 g/mol. The van der Waals surface area contributed by atoms with Crippen molar-refractivity contribution in [2.75, 3.05) is 0 Å². The van der Waals surface area contributed by atoms with E-state index in [1.807, 2.05) is 0 Å². The Labute approximate surface area is 96.0 Å². The molecule has 0 amide bonds. The van der Waals surface area contributed by atoms with Gasteiger partial charge in [-0.25, -0.2) is 0 Å². The highest BCUT2D eigenvalue weighted by atomic mass is 15.0. The molecule has 0 aromatic rings. The zero-order valence-corrected chi connectivity index (χ0v) is 11.1. The van der Waals surface area contributed by atoms with Crippen LogP contribution in [0.5, 0.6) is 0 Å². The van der Waals surface area contributed by atoms with Crippen LogP contribution in [0, 0.1) is 5.41 Å². The molecule has 1 heteroatoms. The first-order valence-corrected chi connectivity index (χ1v) is 6.86. The second kappa shape index (κ2) is 5.89. The zero-order valence-electron chi connectivity index (χ0n) is 11.1. The Hall–Kier alpha value is -0.0400. The molecule has 0 spiro atoms. The van der Waals surface area contributed by atoms with Crippen molar-refractivity contribution < 1.29 is 0 Å². The van der Waals surface area contributed by atoms with Crippen molar-refractivity contribution in [2.24, 2.45) is 5.41 Å². The van der Waals surface area contributed by atoms with Gasteiger partial charge in [0.15, 0.2) is 0 Å². The standard InChI is InChI=1S/C14H29N/c1-5-9-12(6-2)15-13-10-7-8-11-14(13,3)4/h12-13,15H,5-11H2,1-4H3. The van der Waals surface area contributed by atoms with E-state index in [-0.39, 0.29) is 0 Å². The molecule has 2 unspecified atom stereocenters. The predicted octanol–water partition coefficient (Wildman–Crippen LogP) is 4.12. The highest BCUT2D eigenvalue weighted by Crippen LogP contribution is 2.35. The molecular formula is C14H29N. The van der Waals surface area contributed by atoms with Crippen molar-refractivity contribution in [1.82, 2.24) is 5.32 Å². The van der Waals surface area contributed by atoms with E-state index in [0.29, 0.717) is 5.41 Å². The van der Waals surface area contributed by atoms with Gasteiger partial charge in [0.25, 0.3) is 0 Å². The molecule has 0 heterocycles. The molecule has 1 aliphatic carbocycles. The van der Waals surface area contributed by atoms with E-state index in [0.717, 1.165) is 12.1 Å². The van der Waals surface area contributed by atoms with Gasteiger partial charge in [-0.15, -0.1) is 0 Å². The number of nitrogens with one attached hydrogen (secondary N) is 1. The molecule has 2 atom stereocenters. The summed E-state index contributed by atoms with van der Waals surface area (Å²) in [5.74, 6) is 0. The van der Waals surface area contributed by atoms with Crippen LogP contribution < -0.4 is 5.32 Å². The predicted molar refractivity (Wildman–Crippen MR) is 68.2 cm³/mol. The molecule has 90 valence electrons. The molecule has 0 aliphatic heterocycles. The molecule has 0 bridgehead atoms. The van der Waals surface area contributed by atoms with Crippen molar-refractivity contribution in [3.05, 3.63) is 0 Å². The van der Waals surface area contributed by atoms with Crippen LogP contribution in [0.1, 0.15) is 72.6 Å². The summed E-state index contributed by atoms with van der Waals surface area (Å²) >= 11 is 0. The number of hydrogen-bond acceptors (Lipinski definition) is 1. The zero-order chi connectivity index (χ0) is 11.3. The van der Waals surface area contributed by atoms with Gasteiger partial charge in [-0.3, -0.25) is 0 Å². The smallest absolute Gasteiger partial charge is 0.0121 e. The molecule has 1 fully saturated rings. The van der Waals surface area contributed by atoms with Crippen molar-refractivity contribution in [3.8, 4) is 0 Å². The molecule has 1 nitrogen and oxygen atoms in total. The summed E-state index contributed by atoms with van der Waals surface area (Å²) in [6.45, 7) is 9.46. The van der Waals surface area contributed by atoms with Crippen LogP contribution in [0.25, 0.3) is 0 Å². The van der Waals surface area contributed by atoms with Crippen LogP contribution >= 0.6 is 0 Å². The summed E-state index contributed by atoms with van der Waals surface area (Å²) in [7, 11) is 0. The first-order valence-electron chi connectivity index (χ1n) is 6.86. The second-order valence-corrected chi connectivity index (χ2v) is 5.85. The fourth-order valence-electron chi connectivity index (χ4n) is 2.84. The lowest BCUT2D eigenvalue weighted by molar-refractivity contribution is 0.152. The van der Waals surface area contributed by atoms with E-state index in [9.17, 15) is 0 Å². The van der Waals surface area contributed by atoms with E-state index < -0.39 is 0 Å². The third-order valence-corrected chi connectivity index (χ3v) is 4.07. The Kier molecular flexibility index (Phi) is 5.11. The summed E-state index contributed by atoms with van der Waals surface area (Å²) in [6, 6.07) is 1.50. The number of rotatable bonds is 5. The molecule has 0 aromatic carbocycles. The van der Waals surface area contributed by atoms with Gasteiger partial charge in [0.1, 0.15) is 0 Å². The van der Waals surface area contributed by atoms with Gasteiger partial charge in [-0.05, 0) is 31.1 Å². The van der Waals surface area contributed by atoms with Crippen LogP contribution in [0.4, 0.5) is 0 Å². The molecule has 0 aromatic heterocycles. The average Bonchev–Trinajstić information content (AvgIpc) is 2.20. The van der Waals surface area contributed by atoms with E-state index in [1.54, 1.807) is 0 Å². The monoisotopic (exact) mass is 211 g/mol. The molecule has 1 rings (SSSR count). The van der Waals surface area contributed by atoms with Gasteiger partial charge in [0.05, 0.1) is 0 Å². The van der Waals surface area contributed by atoms with Crippen LogP contribution in [0.15, 0.2) is 0 Å². The first-order chi connectivity index (χ1) is 7.10. The second-order valence-electron chi connectivity index (χ2n) is 5.85. The van der Waals surface area contributed by atoms with Crippen LogP contribution in [0.2, 0.25) is 0 Å². The minimum atomic E-state index is 0.513. The van der Waals surface area contributed by atoms with Crippen molar-refractivity contribution >= 4 is 0 Å². The minimum absolute atomic E-state index is 0.513. The highest BCUT2D eigenvalue weighted by Gasteiger charge is 2.32. The van der Waals surface area contributed by atoms with Crippen LogP contribution in [-0.4, -0.2) is 12.1 Å². The third kappa shape index (κ3) is 3.79. The fraction of sp³-hybridized carbons (Fsp3) is 1.00. The van der Waals surface area contributed by atoms with Crippen LogP contribution in [0.3, 0.4) is 0 Å². The maximum Gasteiger partial charge on any atom is 0.0121 e. The maximum atomic E-state index is 3.90. The van der Waals surface area contributed by atoms with Gasteiger partial charge in [0, 0.05) is 12.1 Å². The third-order valence-electron chi connectivity index (χ3n) is 4.07. The highest BCUT2D eigenvalue weighted by molar-refractivity contribution is 4.89. The van der Waals surface area contributed by atoms with Crippen molar-refractivity contribution in [2.45, 2.75) is 84.7 Å². The Morgan fingerprint density at radius 3 is 2.53 bits per heavy atom. The lowest BCUT2D eigenvalue weighted by Gasteiger charge is -2.41. The van der Waals surface area contributed by atoms with E-state index in [2.05, 4.69) is 33.0 Å². The largest absolute Gasteiger partial charge is 0.311 e. The fourth-order valence-corrected chi connectivity index (χ4v) is 2.84. The first kappa shape index (κ1) is 13.0. The van der Waals surface area contributed by atoms with Gasteiger partial charge < -0.3 is 5.32 Å². The molecule has 1 aliphatic rings. The Morgan fingerprint density at radius 1 is 1.27 bits per heavy atom. The summed E-state index contributed by atoms with van der Waals surface area (Å²) in [4.78, 5) is 0. The van der Waals surface area contributed by atoms with Crippen LogP contribution in [-0.2, 0) is 0 Å². The van der Waals surface area contributed by atoms with Gasteiger partial charge in [-0.1, -0.05) is 47.0 Å². The van der Waals surface area contributed by atoms with Gasteiger partial charge in [-0.2, -0.15) is 0 Å². The van der Waals surface area contributed by atoms with E-state index in [1.165, 1.54) is 44.9 Å². The van der Waals surface area contributed by atoms with Gasteiger partial charge >= 0.3 is 0 Å². The van der Waals surface area contributed by atoms with Crippen molar-refractivity contribution in [3.63, 3.8) is 0 Å². The number of hydrogen-bond donors (Lipinski definition) is 1. The SMILES string of the molecule is CCCC(CC)NC1CCCCC1(C)C. The van der Waals surface area contributed by atoms with E-state index in [4.69, 9.17) is 0 Å². The maximum absolute atomic E-state index is 3.90. The summed E-state index contributed by atoms with van der Waals surface area (Å²) in [5.41, 5.74) is 0.513. The summed E-state index contributed by atoms with van der Waals surface area (Å²) in [6.07, 6.45) is 9.54. The average molecular weight is 211 g/mol. The topological polar surface area (TPSA) is 12.0 Å². The molecule has 15 heavy (non-hydrogen) atoms.